The van der Waals surface area contributed by atoms with Crippen molar-refractivity contribution in [3.05, 3.63) is 72.6 Å². The molecule has 1 amide bonds. The molecule has 1 aliphatic rings. The van der Waals surface area contributed by atoms with Gasteiger partial charge in [0, 0.05) is 80.8 Å². The summed E-state index contributed by atoms with van der Waals surface area (Å²) in [6.07, 6.45) is 3.88. The predicted molar refractivity (Wildman–Crippen MR) is 152 cm³/mol. The lowest BCUT2D eigenvalue weighted by atomic mass is 9.97. The molecule has 0 saturated carbocycles. The zero-order chi connectivity index (χ0) is 26.5. The number of nitrogens with zero attached hydrogens (tertiary/aromatic N) is 3. The van der Waals surface area contributed by atoms with Gasteiger partial charge >= 0.3 is 0 Å². The molecule has 0 bridgehead atoms. The number of pyridine rings is 1. The maximum atomic E-state index is 13.7. The van der Waals surface area contributed by atoms with Crippen LogP contribution in [0, 0.1) is 0 Å². The SMILES string of the molecule is CNCCN(C)C(=O)C(c1cccc(-c2cnc3[nH]cc(-c4ccccc4OC)c3c2)c1)N1CCNCC1. The average Bonchev–Trinajstić information content (AvgIpc) is 3.40. The molecular weight excluding hydrogens is 476 g/mol. The Balaban J connectivity index is 1.52. The highest BCUT2D eigenvalue weighted by Gasteiger charge is 2.31. The van der Waals surface area contributed by atoms with Gasteiger partial charge in [0.15, 0.2) is 0 Å². The minimum absolute atomic E-state index is 0.122. The lowest BCUT2D eigenvalue weighted by molar-refractivity contribution is -0.136. The first-order valence-corrected chi connectivity index (χ1v) is 13.2. The normalized spacial score (nSPS) is 14.9. The van der Waals surface area contributed by atoms with Gasteiger partial charge in [-0.05, 0) is 36.4 Å². The summed E-state index contributed by atoms with van der Waals surface area (Å²) in [6.45, 7) is 4.84. The summed E-state index contributed by atoms with van der Waals surface area (Å²) in [6, 6.07) is 18.2. The van der Waals surface area contributed by atoms with Gasteiger partial charge in [-0.1, -0.05) is 36.4 Å². The number of fused-ring (bicyclic) bond motifs is 1. The Labute approximate surface area is 224 Å². The van der Waals surface area contributed by atoms with Crippen molar-refractivity contribution in [2.75, 3.05) is 60.5 Å². The van der Waals surface area contributed by atoms with E-state index in [2.05, 4.69) is 50.8 Å². The number of nitrogens with one attached hydrogen (secondary N) is 3. The molecule has 38 heavy (non-hydrogen) atoms. The Morgan fingerprint density at radius 3 is 2.71 bits per heavy atom. The summed E-state index contributed by atoms with van der Waals surface area (Å²) in [7, 11) is 5.49. The van der Waals surface area contributed by atoms with Gasteiger partial charge in [0.1, 0.15) is 17.4 Å². The highest BCUT2D eigenvalue weighted by Crippen LogP contribution is 2.36. The fourth-order valence-electron chi connectivity index (χ4n) is 5.19. The van der Waals surface area contributed by atoms with E-state index in [-0.39, 0.29) is 11.9 Å². The number of aromatic nitrogens is 2. The average molecular weight is 513 g/mol. The van der Waals surface area contributed by atoms with Crippen LogP contribution in [0.25, 0.3) is 33.3 Å². The van der Waals surface area contributed by atoms with Crippen LogP contribution < -0.4 is 15.4 Å². The van der Waals surface area contributed by atoms with Crippen LogP contribution in [0.2, 0.25) is 0 Å². The molecule has 1 fully saturated rings. The number of carbonyl (C=O) groups is 1. The Hall–Kier alpha value is -3.72. The van der Waals surface area contributed by atoms with E-state index in [1.54, 1.807) is 7.11 Å². The smallest absolute Gasteiger partial charge is 0.244 e. The van der Waals surface area contributed by atoms with E-state index in [9.17, 15) is 4.79 Å². The molecule has 2 aromatic heterocycles. The predicted octanol–water partition coefficient (Wildman–Crippen LogP) is 3.53. The molecule has 3 heterocycles. The number of amides is 1. The fourth-order valence-corrected chi connectivity index (χ4v) is 5.19. The van der Waals surface area contributed by atoms with Crippen LogP contribution in [0.3, 0.4) is 0 Å². The van der Waals surface area contributed by atoms with Crippen LogP contribution in [0.4, 0.5) is 0 Å². The van der Waals surface area contributed by atoms with E-state index >= 15 is 0 Å². The Kier molecular flexibility index (Phi) is 8.03. The van der Waals surface area contributed by atoms with Gasteiger partial charge in [-0.25, -0.2) is 4.98 Å². The van der Waals surface area contributed by atoms with Crippen LogP contribution in [-0.2, 0) is 4.79 Å². The molecule has 1 aliphatic heterocycles. The van der Waals surface area contributed by atoms with Crippen LogP contribution in [0.5, 0.6) is 5.75 Å². The van der Waals surface area contributed by atoms with Crippen molar-refractivity contribution in [2.45, 2.75) is 6.04 Å². The number of benzene rings is 2. The largest absolute Gasteiger partial charge is 0.496 e. The van der Waals surface area contributed by atoms with Crippen molar-refractivity contribution in [3.8, 4) is 28.0 Å². The lowest BCUT2D eigenvalue weighted by Gasteiger charge is -2.36. The van der Waals surface area contributed by atoms with Crippen LogP contribution >= 0.6 is 0 Å². The van der Waals surface area contributed by atoms with Crippen LogP contribution in [0.15, 0.2) is 67.0 Å². The molecule has 0 aliphatic carbocycles. The van der Waals surface area contributed by atoms with E-state index in [1.165, 1.54) is 0 Å². The number of methoxy groups -OCH3 is 1. The van der Waals surface area contributed by atoms with E-state index in [0.717, 1.165) is 77.3 Å². The maximum Gasteiger partial charge on any atom is 0.244 e. The number of hydrogen-bond acceptors (Lipinski definition) is 6. The number of rotatable bonds is 9. The van der Waals surface area contributed by atoms with Gasteiger partial charge in [-0.3, -0.25) is 9.69 Å². The second-order valence-electron chi connectivity index (χ2n) is 9.70. The molecule has 5 rings (SSSR count). The number of aromatic amines is 1. The molecule has 0 spiro atoms. The third-order valence-corrected chi connectivity index (χ3v) is 7.29. The molecule has 2 aromatic carbocycles. The topological polar surface area (TPSA) is 85.5 Å². The van der Waals surface area contributed by atoms with E-state index < -0.39 is 0 Å². The number of carbonyl (C=O) groups excluding carboxylic acids is 1. The van der Waals surface area contributed by atoms with E-state index in [1.807, 2.05) is 55.7 Å². The third-order valence-electron chi connectivity index (χ3n) is 7.29. The first kappa shape index (κ1) is 25.9. The Morgan fingerprint density at radius 2 is 1.92 bits per heavy atom. The first-order chi connectivity index (χ1) is 18.6. The minimum Gasteiger partial charge on any atom is -0.496 e. The number of ether oxygens (including phenoxy) is 1. The second kappa shape index (κ2) is 11.8. The Morgan fingerprint density at radius 1 is 1.11 bits per heavy atom. The molecule has 1 saturated heterocycles. The van der Waals surface area contributed by atoms with Crippen LogP contribution in [0.1, 0.15) is 11.6 Å². The summed E-state index contributed by atoms with van der Waals surface area (Å²) in [4.78, 5) is 25.9. The molecule has 198 valence electrons. The maximum absolute atomic E-state index is 13.7. The van der Waals surface area contributed by atoms with Crippen molar-refractivity contribution >= 4 is 16.9 Å². The van der Waals surface area contributed by atoms with Gasteiger partial charge in [0.25, 0.3) is 0 Å². The summed E-state index contributed by atoms with van der Waals surface area (Å²) >= 11 is 0. The fraction of sp³-hybridized carbons (Fsp3) is 0.333. The molecule has 8 heteroatoms. The van der Waals surface area contributed by atoms with Crippen molar-refractivity contribution in [1.29, 1.82) is 0 Å². The molecule has 1 atom stereocenters. The highest BCUT2D eigenvalue weighted by atomic mass is 16.5. The van der Waals surface area contributed by atoms with Crippen molar-refractivity contribution in [1.82, 2.24) is 30.4 Å². The van der Waals surface area contributed by atoms with Gasteiger partial charge in [0.05, 0.1) is 7.11 Å². The van der Waals surface area contributed by atoms with Gasteiger partial charge < -0.3 is 25.3 Å². The van der Waals surface area contributed by atoms with Crippen molar-refractivity contribution < 1.29 is 9.53 Å². The quantitative estimate of drug-likeness (QED) is 0.318. The van der Waals surface area contributed by atoms with Gasteiger partial charge in [-0.2, -0.15) is 0 Å². The van der Waals surface area contributed by atoms with E-state index in [4.69, 9.17) is 9.72 Å². The molecular formula is C30H36N6O2. The number of H-pyrrole nitrogens is 1. The van der Waals surface area contributed by atoms with Gasteiger partial charge in [0.2, 0.25) is 5.91 Å². The monoisotopic (exact) mass is 512 g/mol. The first-order valence-electron chi connectivity index (χ1n) is 13.2. The van der Waals surface area contributed by atoms with Gasteiger partial charge in [-0.15, -0.1) is 0 Å². The lowest BCUT2D eigenvalue weighted by Crippen LogP contribution is -2.50. The highest BCUT2D eigenvalue weighted by molar-refractivity contribution is 5.97. The summed E-state index contributed by atoms with van der Waals surface area (Å²) in [5.41, 5.74) is 5.93. The number of piperazine rings is 1. The zero-order valence-electron chi connectivity index (χ0n) is 22.3. The second-order valence-corrected chi connectivity index (χ2v) is 9.70. The summed E-state index contributed by atoms with van der Waals surface area (Å²) in [5, 5.41) is 7.58. The van der Waals surface area contributed by atoms with Crippen molar-refractivity contribution in [2.24, 2.45) is 0 Å². The molecule has 0 radical (unpaired) electrons. The van der Waals surface area contributed by atoms with Crippen LogP contribution in [-0.4, -0.2) is 86.1 Å². The number of hydrogen-bond donors (Lipinski definition) is 3. The number of likely N-dealkylation sites (N-methyl/N-ethyl adjacent to an activating group) is 2. The number of para-hydroxylation sites is 1. The van der Waals surface area contributed by atoms with Crippen molar-refractivity contribution in [3.63, 3.8) is 0 Å². The summed E-state index contributed by atoms with van der Waals surface area (Å²) in [5.74, 6) is 0.942. The molecule has 8 nitrogen and oxygen atoms in total. The van der Waals surface area contributed by atoms with E-state index in [0.29, 0.717) is 6.54 Å². The Bertz CT molecular complexity index is 1390. The zero-order valence-corrected chi connectivity index (χ0v) is 22.3. The molecule has 1 unspecified atom stereocenters. The molecule has 3 N–H and O–H groups in total. The summed E-state index contributed by atoms with van der Waals surface area (Å²) < 4.78 is 5.62. The standard InChI is InChI=1S/C30H36N6O2/c1-31-11-14-35(2)30(37)28(36-15-12-32-13-16-36)22-8-6-7-21(17-22)23-18-25-26(20-34-29(25)33-19-23)24-9-4-5-10-27(24)38-3/h4-10,17-20,28,31-32H,11-16H2,1-3H3,(H,33,34). The third kappa shape index (κ3) is 5.29. The minimum atomic E-state index is -0.327. The molecule has 4 aromatic rings.